The molecule has 1 heterocycles. The van der Waals surface area contributed by atoms with Gasteiger partial charge in [-0.3, -0.25) is 4.79 Å². The molecule has 0 radical (unpaired) electrons. The van der Waals surface area contributed by atoms with Gasteiger partial charge >= 0.3 is 0 Å². The molecule has 2 rings (SSSR count). The summed E-state index contributed by atoms with van der Waals surface area (Å²) in [6.07, 6.45) is 0. The molecule has 0 unspecified atom stereocenters. The van der Waals surface area contributed by atoms with E-state index in [1.54, 1.807) is 0 Å². The fourth-order valence-electron chi connectivity index (χ4n) is 1.26. The van der Waals surface area contributed by atoms with Crippen LogP contribution in [0.4, 0.5) is 17.1 Å². The van der Waals surface area contributed by atoms with Crippen LogP contribution in [-0.4, -0.2) is 16.6 Å². The van der Waals surface area contributed by atoms with Crippen LogP contribution in [0.25, 0.3) is 0 Å². The van der Waals surface area contributed by atoms with Crippen molar-refractivity contribution in [2.24, 2.45) is 8.73 Å². The van der Waals surface area contributed by atoms with Crippen LogP contribution in [-0.2, 0) is 16.1 Å². The molecule has 1 amide bonds. The van der Waals surface area contributed by atoms with Gasteiger partial charge in [-0.25, -0.2) is 0 Å². The standard InChI is InChI=1S/C10H9Cl2N3O2S/c1-10(2,17)9(16)13-6-4(11)3-5(12)7-8(6)15-18-14-7/h3,17H,1-2H3,(H,13,16). The number of nitrogens with one attached hydrogen (secondary N) is 1. The molecule has 1 aliphatic rings. The summed E-state index contributed by atoms with van der Waals surface area (Å²) in [5, 5.41) is 12.7. The van der Waals surface area contributed by atoms with Gasteiger partial charge in [0.05, 0.1) is 27.1 Å². The van der Waals surface area contributed by atoms with E-state index in [0.29, 0.717) is 22.1 Å². The van der Waals surface area contributed by atoms with Crippen LogP contribution < -0.4 is 5.32 Å². The van der Waals surface area contributed by atoms with E-state index in [0.717, 1.165) is 11.4 Å². The predicted molar refractivity (Wildman–Crippen MR) is 72.9 cm³/mol. The molecule has 0 aromatic heterocycles. The maximum absolute atomic E-state index is 11.7. The van der Waals surface area contributed by atoms with Crippen LogP contribution in [0.2, 0.25) is 10.0 Å². The zero-order valence-electron chi connectivity index (χ0n) is 9.49. The molecule has 0 bridgehead atoms. The van der Waals surface area contributed by atoms with Crippen LogP contribution in [0.3, 0.4) is 0 Å². The minimum atomic E-state index is -1.52. The van der Waals surface area contributed by atoms with Gasteiger partial charge in [0.25, 0.3) is 5.91 Å². The molecule has 18 heavy (non-hydrogen) atoms. The third kappa shape index (κ3) is 2.42. The minimum absolute atomic E-state index is 0.248. The maximum Gasteiger partial charge on any atom is 0.255 e. The lowest BCUT2D eigenvalue weighted by Crippen LogP contribution is -2.36. The zero-order valence-corrected chi connectivity index (χ0v) is 11.8. The Bertz CT molecular complexity index is 604. The molecular formula is C10H9Cl2N3O2S. The number of aliphatic hydroxyl groups is 1. The number of rotatable bonds is 2. The molecule has 1 aromatic carbocycles. The minimum Gasteiger partial charge on any atom is -0.381 e. The van der Waals surface area contributed by atoms with Crippen molar-refractivity contribution in [3.8, 4) is 0 Å². The molecule has 96 valence electrons. The summed E-state index contributed by atoms with van der Waals surface area (Å²) < 4.78 is 8.06. The van der Waals surface area contributed by atoms with E-state index in [-0.39, 0.29) is 5.02 Å². The van der Waals surface area contributed by atoms with E-state index < -0.39 is 11.5 Å². The zero-order chi connectivity index (χ0) is 13.5. The fraction of sp³-hybridized carbons (Fsp3) is 0.300. The molecule has 1 aromatic rings. The number of benzene rings is 1. The summed E-state index contributed by atoms with van der Waals surface area (Å²) >= 11 is 12.9. The van der Waals surface area contributed by atoms with Crippen LogP contribution in [0, 0.1) is 0 Å². The van der Waals surface area contributed by atoms with Crippen molar-refractivity contribution in [2.45, 2.75) is 19.4 Å². The SMILES string of the molecule is CC(C)(O)C(=O)Nc1c(Cl)cc(Cl)c2c1N=S=N2. The summed E-state index contributed by atoms with van der Waals surface area (Å²) in [5.41, 5.74) is -0.331. The lowest BCUT2D eigenvalue weighted by molar-refractivity contribution is -0.130. The highest BCUT2D eigenvalue weighted by Gasteiger charge is 2.27. The number of nitrogens with zero attached hydrogens (tertiary/aromatic N) is 2. The second-order valence-electron chi connectivity index (χ2n) is 4.19. The number of carbonyl (C=O) groups excluding carboxylic acids is 1. The number of hydrogen-bond donors (Lipinski definition) is 2. The Morgan fingerprint density at radius 1 is 1.33 bits per heavy atom. The fourth-order valence-corrected chi connectivity index (χ4v) is 2.42. The van der Waals surface area contributed by atoms with Gasteiger partial charge in [0, 0.05) is 0 Å². The van der Waals surface area contributed by atoms with Gasteiger partial charge in [0.2, 0.25) is 0 Å². The summed E-state index contributed by atoms with van der Waals surface area (Å²) in [6.45, 7) is 2.76. The lowest BCUT2D eigenvalue weighted by Gasteiger charge is -2.18. The Morgan fingerprint density at radius 2 is 1.94 bits per heavy atom. The quantitative estimate of drug-likeness (QED) is 0.892. The number of carbonyl (C=O) groups is 1. The van der Waals surface area contributed by atoms with Crippen molar-refractivity contribution in [3.63, 3.8) is 0 Å². The average molecular weight is 306 g/mol. The number of hydrogen-bond acceptors (Lipinski definition) is 4. The van der Waals surface area contributed by atoms with Crippen LogP contribution in [0.5, 0.6) is 0 Å². The highest BCUT2D eigenvalue weighted by molar-refractivity contribution is 7.58. The van der Waals surface area contributed by atoms with Crippen LogP contribution in [0.15, 0.2) is 14.8 Å². The second-order valence-corrected chi connectivity index (χ2v) is 5.53. The molecule has 0 atom stereocenters. The largest absolute Gasteiger partial charge is 0.381 e. The molecule has 0 saturated carbocycles. The van der Waals surface area contributed by atoms with Gasteiger partial charge in [-0.15, -0.1) is 0 Å². The first-order valence-electron chi connectivity index (χ1n) is 4.95. The lowest BCUT2D eigenvalue weighted by atomic mass is 10.1. The smallest absolute Gasteiger partial charge is 0.255 e. The third-order valence-corrected chi connectivity index (χ3v) is 3.35. The average Bonchev–Trinajstić information content (AvgIpc) is 2.71. The van der Waals surface area contributed by atoms with Crippen molar-refractivity contribution in [1.82, 2.24) is 0 Å². The van der Waals surface area contributed by atoms with Gasteiger partial charge in [-0.1, -0.05) is 23.2 Å². The molecule has 8 heteroatoms. The van der Waals surface area contributed by atoms with Crippen molar-refractivity contribution in [1.29, 1.82) is 0 Å². The number of fused-ring (bicyclic) bond motifs is 1. The topological polar surface area (TPSA) is 74.0 Å². The first kappa shape index (κ1) is 13.5. The summed E-state index contributed by atoms with van der Waals surface area (Å²) in [5.74, 6) is -0.582. The monoisotopic (exact) mass is 305 g/mol. The van der Waals surface area contributed by atoms with Crippen LogP contribution in [0.1, 0.15) is 13.8 Å². The number of amides is 1. The number of anilines is 1. The Labute approximate surface area is 117 Å². The Morgan fingerprint density at radius 3 is 2.56 bits per heavy atom. The Hall–Kier alpha value is -0.950. The van der Waals surface area contributed by atoms with E-state index >= 15 is 0 Å². The molecule has 0 saturated heterocycles. The molecule has 0 fully saturated rings. The highest BCUT2D eigenvalue weighted by Crippen LogP contribution is 2.47. The number of halogens is 2. The van der Waals surface area contributed by atoms with E-state index in [9.17, 15) is 9.90 Å². The second kappa shape index (κ2) is 4.62. The summed E-state index contributed by atoms with van der Waals surface area (Å²) in [7, 11) is 0. The first-order valence-corrected chi connectivity index (χ1v) is 6.43. The maximum atomic E-state index is 11.7. The van der Waals surface area contributed by atoms with E-state index in [2.05, 4.69) is 14.0 Å². The Kier molecular flexibility index (Phi) is 3.46. The van der Waals surface area contributed by atoms with Gasteiger partial charge in [0.15, 0.2) is 0 Å². The first-order chi connectivity index (χ1) is 8.30. The summed E-state index contributed by atoms with van der Waals surface area (Å²) in [6, 6.07) is 1.48. The van der Waals surface area contributed by atoms with E-state index in [4.69, 9.17) is 23.2 Å². The highest BCUT2D eigenvalue weighted by atomic mass is 35.5. The van der Waals surface area contributed by atoms with Crippen molar-refractivity contribution in [2.75, 3.05) is 5.32 Å². The van der Waals surface area contributed by atoms with E-state index in [1.807, 2.05) is 0 Å². The molecule has 1 aliphatic heterocycles. The van der Waals surface area contributed by atoms with E-state index in [1.165, 1.54) is 19.9 Å². The van der Waals surface area contributed by atoms with Crippen molar-refractivity contribution < 1.29 is 9.90 Å². The van der Waals surface area contributed by atoms with Gasteiger partial charge in [-0.05, 0) is 19.9 Å². The molecular weight excluding hydrogens is 297 g/mol. The molecule has 2 N–H and O–H groups in total. The third-order valence-electron chi connectivity index (χ3n) is 2.24. The Balaban J connectivity index is 2.45. The predicted octanol–water partition coefficient (Wildman–Crippen LogP) is 3.43. The van der Waals surface area contributed by atoms with Gasteiger partial charge in [-0.2, -0.15) is 8.73 Å². The summed E-state index contributed by atoms with van der Waals surface area (Å²) in [4.78, 5) is 11.7. The normalized spacial score (nSPS) is 13.2. The van der Waals surface area contributed by atoms with Gasteiger partial charge in [0.1, 0.15) is 17.0 Å². The molecule has 0 spiro atoms. The molecule has 5 nitrogen and oxygen atoms in total. The van der Waals surface area contributed by atoms with Crippen molar-refractivity contribution in [3.05, 3.63) is 16.1 Å². The van der Waals surface area contributed by atoms with Crippen molar-refractivity contribution >= 4 is 57.5 Å². The van der Waals surface area contributed by atoms with Gasteiger partial charge < -0.3 is 10.4 Å². The molecule has 0 aliphatic carbocycles. The van der Waals surface area contributed by atoms with Crippen LogP contribution >= 0.6 is 23.2 Å².